The maximum atomic E-state index is 13.8. The lowest BCUT2D eigenvalue weighted by Crippen LogP contribution is -2.16. The summed E-state index contributed by atoms with van der Waals surface area (Å²) >= 11 is 1.37. The molecule has 1 N–H and O–H groups in total. The number of nitrogens with zero attached hydrogens (tertiary/aromatic N) is 1. The highest BCUT2D eigenvalue weighted by molar-refractivity contribution is 7.13. The molecule has 0 radical (unpaired) electrons. The first-order valence-corrected chi connectivity index (χ1v) is 9.46. The molecule has 0 aliphatic carbocycles. The first-order chi connectivity index (χ1) is 13.2. The fourth-order valence-electron chi connectivity index (χ4n) is 2.77. The van der Waals surface area contributed by atoms with Crippen molar-refractivity contribution in [2.45, 2.75) is 12.8 Å². The Kier molecular flexibility index (Phi) is 5.02. The van der Waals surface area contributed by atoms with Gasteiger partial charge in [0.1, 0.15) is 24.0 Å². The first kappa shape index (κ1) is 17.5. The molecule has 0 bridgehead atoms. The van der Waals surface area contributed by atoms with Gasteiger partial charge in [-0.15, -0.1) is 11.3 Å². The standard InChI is InChI=1S/C20H17FN2O3S/c21-16-4-2-1-3-15(16)20-23-14(12-27-20)6-8-19(24)22-13-5-7-17-18(11-13)26-10-9-25-17/h1-5,7,11-12H,6,8-10H2,(H,22,24). The molecule has 3 aromatic rings. The average molecular weight is 384 g/mol. The second-order valence-electron chi connectivity index (χ2n) is 6.03. The third-order valence-electron chi connectivity index (χ3n) is 4.09. The number of hydrogen-bond donors (Lipinski definition) is 1. The summed E-state index contributed by atoms with van der Waals surface area (Å²) in [5.74, 6) is 0.900. The van der Waals surface area contributed by atoms with Gasteiger partial charge in [0.2, 0.25) is 5.91 Å². The van der Waals surface area contributed by atoms with Crippen molar-refractivity contribution in [1.82, 2.24) is 4.98 Å². The van der Waals surface area contributed by atoms with Crippen molar-refractivity contribution in [2.75, 3.05) is 18.5 Å². The van der Waals surface area contributed by atoms with E-state index in [4.69, 9.17) is 9.47 Å². The van der Waals surface area contributed by atoms with Gasteiger partial charge >= 0.3 is 0 Å². The molecule has 1 aliphatic rings. The van der Waals surface area contributed by atoms with Crippen molar-refractivity contribution in [3.63, 3.8) is 0 Å². The number of aryl methyl sites for hydroxylation is 1. The fourth-order valence-corrected chi connectivity index (χ4v) is 3.65. The van der Waals surface area contributed by atoms with Crippen molar-refractivity contribution >= 4 is 22.9 Å². The van der Waals surface area contributed by atoms with Gasteiger partial charge < -0.3 is 14.8 Å². The van der Waals surface area contributed by atoms with Gasteiger partial charge in [0, 0.05) is 29.1 Å². The number of halogens is 1. The second kappa shape index (κ2) is 7.75. The number of thiazole rings is 1. The zero-order chi connectivity index (χ0) is 18.6. The molecule has 7 heteroatoms. The van der Waals surface area contributed by atoms with Gasteiger partial charge in [0.05, 0.1) is 5.69 Å². The van der Waals surface area contributed by atoms with Crippen LogP contribution in [0.15, 0.2) is 47.8 Å². The molecular formula is C20H17FN2O3S. The van der Waals surface area contributed by atoms with Crippen molar-refractivity contribution in [3.05, 3.63) is 59.4 Å². The molecule has 0 atom stereocenters. The van der Waals surface area contributed by atoms with Gasteiger partial charge in [-0.2, -0.15) is 0 Å². The van der Waals surface area contributed by atoms with Gasteiger partial charge in [-0.1, -0.05) is 12.1 Å². The lowest BCUT2D eigenvalue weighted by atomic mass is 10.2. The van der Waals surface area contributed by atoms with Crippen LogP contribution in [-0.2, 0) is 11.2 Å². The van der Waals surface area contributed by atoms with Crippen LogP contribution in [0.25, 0.3) is 10.6 Å². The summed E-state index contributed by atoms with van der Waals surface area (Å²) in [6, 6.07) is 11.9. The minimum Gasteiger partial charge on any atom is -0.486 e. The average Bonchev–Trinajstić information content (AvgIpc) is 3.15. The van der Waals surface area contributed by atoms with Crippen LogP contribution < -0.4 is 14.8 Å². The molecule has 0 unspecified atom stereocenters. The Morgan fingerprint density at radius 3 is 2.81 bits per heavy atom. The van der Waals surface area contributed by atoms with E-state index < -0.39 is 0 Å². The van der Waals surface area contributed by atoms with Crippen LogP contribution in [0.5, 0.6) is 11.5 Å². The smallest absolute Gasteiger partial charge is 0.224 e. The highest BCUT2D eigenvalue weighted by Crippen LogP contribution is 2.32. The minimum absolute atomic E-state index is 0.118. The largest absolute Gasteiger partial charge is 0.486 e. The summed E-state index contributed by atoms with van der Waals surface area (Å²) < 4.78 is 24.8. The predicted molar refractivity (Wildman–Crippen MR) is 102 cm³/mol. The van der Waals surface area contributed by atoms with Crippen LogP contribution in [-0.4, -0.2) is 24.1 Å². The number of carbonyl (C=O) groups excluding carboxylic acids is 1. The van der Waals surface area contributed by atoms with E-state index in [-0.39, 0.29) is 18.1 Å². The minimum atomic E-state index is -0.297. The van der Waals surface area contributed by atoms with E-state index in [0.717, 1.165) is 5.69 Å². The van der Waals surface area contributed by atoms with Crippen LogP contribution in [0.3, 0.4) is 0 Å². The Labute approximate surface area is 159 Å². The zero-order valence-corrected chi connectivity index (χ0v) is 15.2. The van der Waals surface area contributed by atoms with Crippen LogP contribution in [0.1, 0.15) is 12.1 Å². The number of fused-ring (bicyclic) bond motifs is 1. The maximum absolute atomic E-state index is 13.8. The Morgan fingerprint density at radius 2 is 1.96 bits per heavy atom. The molecule has 2 aromatic carbocycles. The summed E-state index contributed by atoms with van der Waals surface area (Å²) in [6.07, 6.45) is 0.774. The molecule has 1 aromatic heterocycles. The van der Waals surface area contributed by atoms with Gasteiger partial charge in [-0.05, 0) is 30.7 Å². The summed E-state index contributed by atoms with van der Waals surface area (Å²) in [6.45, 7) is 1.03. The van der Waals surface area contributed by atoms with Crippen LogP contribution in [0, 0.1) is 5.82 Å². The van der Waals surface area contributed by atoms with Crippen molar-refractivity contribution in [2.24, 2.45) is 0 Å². The van der Waals surface area contributed by atoms with Gasteiger partial charge in [-0.3, -0.25) is 4.79 Å². The maximum Gasteiger partial charge on any atom is 0.224 e. The molecule has 138 valence electrons. The predicted octanol–water partition coefficient (Wildman–Crippen LogP) is 4.29. The number of nitrogens with one attached hydrogen (secondary N) is 1. The summed E-state index contributed by atoms with van der Waals surface area (Å²) in [4.78, 5) is 16.7. The highest BCUT2D eigenvalue weighted by Gasteiger charge is 2.14. The number of amides is 1. The zero-order valence-electron chi connectivity index (χ0n) is 14.4. The molecule has 27 heavy (non-hydrogen) atoms. The quantitative estimate of drug-likeness (QED) is 0.713. The molecule has 1 amide bonds. The summed E-state index contributed by atoms with van der Waals surface area (Å²) in [7, 11) is 0. The fraction of sp³-hybridized carbons (Fsp3) is 0.200. The number of ether oxygens (including phenoxy) is 2. The van der Waals surface area contributed by atoms with Gasteiger partial charge in [0.15, 0.2) is 11.5 Å². The first-order valence-electron chi connectivity index (χ1n) is 8.58. The van der Waals surface area contributed by atoms with Crippen molar-refractivity contribution in [1.29, 1.82) is 0 Å². The molecule has 0 spiro atoms. The number of hydrogen-bond acceptors (Lipinski definition) is 5. The van der Waals surface area contributed by atoms with E-state index in [0.29, 0.717) is 47.4 Å². The number of anilines is 1. The van der Waals surface area contributed by atoms with E-state index in [1.807, 2.05) is 5.38 Å². The Hall–Kier alpha value is -2.93. The van der Waals surface area contributed by atoms with Crippen molar-refractivity contribution in [3.8, 4) is 22.1 Å². The molecule has 2 heterocycles. The molecule has 0 saturated carbocycles. The number of carbonyl (C=O) groups is 1. The third-order valence-corrected chi connectivity index (χ3v) is 5.01. The van der Waals surface area contributed by atoms with Crippen LogP contribution >= 0.6 is 11.3 Å². The number of rotatable bonds is 5. The number of benzene rings is 2. The SMILES string of the molecule is O=C(CCc1csc(-c2ccccc2F)n1)Nc1ccc2c(c1)OCCO2. The normalized spacial score (nSPS) is 12.6. The van der Waals surface area contributed by atoms with E-state index in [2.05, 4.69) is 10.3 Å². The molecule has 1 aliphatic heterocycles. The highest BCUT2D eigenvalue weighted by atomic mass is 32.1. The topological polar surface area (TPSA) is 60.5 Å². The van der Waals surface area contributed by atoms with Gasteiger partial charge in [-0.25, -0.2) is 9.37 Å². The molecule has 0 saturated heterocycles. The van der Waals surface area contributed by atoms with Crippen LogP contribution in [0.2, 0.25) is 0 Å². The molecule has 5 nitrogen and oxygen atoms in total. The summed E-state index contributed by atoms with van der Waals surface area (Å²) in [5, 5.41) is 5.33. The van der Waals surface area contributed by atoms with Crippen molar-refractivity contribution < 1.29 is 18.7 Å². The van der Waals surface area contributed by atoms with E-state index in [1.165, 1.54) is 17.4 Å². The Bertz CT molecular complexity index is 973. The van der Waals surface area contributed by atoms with Crippen LogP contribution in [0.4, 0.5) is 10.1 Å². The number of aromatic nitrogens is 1. The lowest BCUT2D eigenvalue weighted by molar-refractivity contribution is -0.116. The Morgan fingerprint density at radius 1 is 1.15 bits per heavy atom. The molecular weight excluding hydrogens is 367 g/mol. The second-order valence-corrected chi connectivity index (χ2v) is 6.89. The third kappa shape index (κ3) is 4.09. The van der Waals surface area contributed by atoms with Gasteiger partial charge in [0.25, 0.3) is 0 Å². The molecule has 0 fully saturated rings. The van der Waals surface area contributed by atoms with E-state index in [1.54, 1.807) is 36.4 Å². The monoisotopic (exact) mass is 384 g/mol. The lowest BCUT2D eigenvalue weighted by Gasteiger charge is -2.19. The molecule has 4 rings (SSSR count). The van der Waals surface area contributed by atoms with E-state index >= 15 is 0 Å². The summed E-state index contributed by atoms with van der Waals surface area (Å²) in [5.41, 5.74) is 1.92. The Balaban J connectivity index is 1.35. The van der Waals surface area contributed by atoms with E-state index in [9.17, 15) is 9.18 Å².